The minimum absolute atomic E-state index is 0.0295. The van der Waals surface area contributed by atoms with E-state index in [1.54, 1.807) is 23.7 Å². The first-order valence-corrected chi connectivity index (χ1v) is 9.52. The van der Waals surface area contributed by atoms with E-state index in [0.29, 0.717) is 44.4 Å². The Morgan fingerprint density at radius 2 is 1.80 bits per heavy atom. The number of hydrogen-bond acceptors (Lipinski definition) is 5. The fourth-order valence-corrected chi connectivity index (χ4v) is 3.95. The number of H-pyrrole nitrogens is 2. The molecule has 5 aromatic rings. The second-order valence-corrected chi connectivity index (χ2v) is 7.70. The maximum Gasteiger partial charge on any atom is 0.274 e. The Hall–Kier alpha value is -3.94. The van der Waals surface area contributed by atoms with Gasteiger partial charge in [-0.3, -0.25) is 19.4 Å². The number of phenols is 2. The van der Waals surface area contributed by atoms with E-state index in [9.17, 15) is 19.8 Å². The first kappa shape index (κ1) is 18.1. The highest BCUT2D eigenvalue weighted by atomic mass is 16.3. The van der Waals surface area contributed by atoms with Crippen molar-refractivity contribution in [2.24, 2.45) is 0 Å². The van der Waals surface area contributed by atoms with Gasteiger partial charge in [0, 0.05) is 22.6 Å². The normalized spacial score (nSPS) is 12.0. The van der Waals surface area contributed by atoms with Crippen LogP contribution >= 0.6 is 0 Å². The lowest BCUT2D eigenvalue weighted by Crippen LogP contribution is -2.07. The van der Waals surface area contributed by atoms with Crippen LogP contribution in [-0.4, -0.2) is 25.0 Å². The highest BCUT2D eigenvalue weighted by molar-refractivity contribution is 6.14. The van der Waals surface area contributed by atoms with Gasteiger partial charge in [0.25, 0.3) is 5.56 Å². The quantitative estimate of drug-likeness (QED) is 0.332. The number of aromatic nitrogens is 3. The molecule has 0 unspecified atom stereocenters. The lowest BCUT2D eigenvalue weighted by atomic mass is 10.0. The SMILES string of the molecule is Cc1c(=O)ccc2c1oc1c(-c3ccc(O)c(O)c3)c3c(=O)[nH]n(C(C)C)c3[nH]c12. The number of aromatic amines is 2. The third kappa shape index (κ3) is 2.33. The van der Waals surface area contributed by atoms with Gasteiger partial charge in [0.1, 0.15) is 11.2 Å². The molecule has 8 nitrogen and oxygen atoms in total. The van der Waals surface area contributed by atoms with Crippen LogP contribution in [0.4, 0.5) is 0 Å². The first-order chi connectivity index (χ1) is 14.3. The number of pyridine rings is 1. The smallest absolute Gasteiger partial charge is 0.274 e. The molecular weight excluding hydrogens is 386 g/mol. The lowest BCUT2D eigenvalue weighted by molar-refractivity contribution is 0.404. The summed E-state index contributed by atoms with van der Waals surface area (Å²) < 4.78 is 7.85. The third-order valence-electron chi connectivity index (χ3n) is 5.48. The van der Waals surface area contributed by atoms with Crippen molar-refractivity contribution in [2.45, 2.75) is 26.8 Å². The zero-order valence-corrected chi connectivity index (χ0v) is 16.5. The van der Waals surface area contributed by atoms with Crippen molar-refractivity contribution in [3.63, 3.8) is 0 Å². The van der Waals surface area contributed by atoms with Crippen LogP contribution in [0.1, 0.15) is 25.5 Å². The average molecular weight is 405 g/mol. The molecule has 0 aliphatic carbocycles. The van der Waals surface area contributed by atoms with Gasteiger partial charge in [-0.05, 0) is 50.6 Å². The molecule has 0 bridgehead atoms. The lowest BCUT2D eigenvalue weighted by Gasteiger charge is -2.10. The number of aryl methyl sites for hydroxylation is 1. The molecule has 0 spiro atoms. The molecule has 0 saturated carbocycles. The molecule has 0 atom stereocenters. The molecule has 8 heteroatoms. The second-order valence-electron chi connectivity index (χ2n) is 7.70. The number of nitrogens with one attached hydrogen (secondary N) is 2. The topological polar surface area (TPSA) is 124 Å². The van der Waals surface area contributed by atoms with Crippen LogP contribution in [0.5, 0.6) is 11.5 Å². The molecule has 5 rings (SSSR count). The van der Waals surface area contributed by atoms with Crippen LogP contribution in [0.15, 0.2) is 44.3 Å². The van der Waals surface area contributed by atoms with E-state index in [1.165, 1.54) is 18.2 Å². The molecule has 0 amide bonds. The summed E-state index contributed by atoms with van der Waals surface area (Å²) in [7, 11) is 0. The summed E-state index contributed by atoms with van der Waals surface area (Å²) in [5, 5.41) is 23.7. The summed E-state index contributed by atoms with van der Waals surface area (Å²) in [4.78, 5) is 28.4. The van der Waals surface area contributed by atoms with Crippen molar-refractivity contribution in [1.29, 1.82) is 0 Å². The monoisotopic (exact) mass is 405 g/mol. The van der Waals surface area contributed by atoms with E-state index < -0.39 is 0 Å². The van der Waals surface area contributed by atoms with Gasteiger partial charge in [0.15, 0.2) is 22.5 Å². The van der Waals surface area contributed by atoms with Crippen LogP contribution in [0.3, 0.4) is 0 Å². The van der Waals surface area contributed by atoms with Gasteiger partial charge in [-0.2, -0.15) is 0 Å². The van der Waals surface area contributed by atoms with Crippen molar-refractivity contribution >= 4 is 33.1 Å². The fraction of sp³-hybridized carbons (Fsp3) is 0.182. The Labute approximate surface area is 169 Å². The minimum atomic E-state index is -0.318. The van der Waals surface area contributed by atoms with E-state index in [2.05, 4.69) is 10.1 Å². The van der Waals surface area contributed by atoms with E-state index >= 15 is 0 Å². The Morgan fingerprint density at radius 3 is 2.50 bits per heavy atom. The van der Waals surface area contributed by atoms with E-state index in [-0.39, 0.29) is 28.5 Å². The van der Waals surface area contributed by atoms with Gasteiger partial charge >= 0.3 is 0 Å². The number of phenolic OH excluding ortho intramolecular Hbond substituents is 2. The van der Waals surface area contributed by atoms with Crippen LogP contribution in [-0.2, 0) is 0 Å². The van der Waals surface area contributed by atoms with E-state index in [0.717, 1.165) is 5.39 Å². The number of furan rings is 1. The highest BCUT2D eigenvalue weighted by Crippen LogP contribution is 2.41. The summed E-state index contributed by atoms with van der Waals surface area (Å²) in [5.41, 5.74) is 3.02. The summed E-state index contributed by atoms with van der Waals surface area (Å²) in [6, 6.07) is 7.50. The van der Waals surface area contributed by atoms with Crippen LogP contribution in [0.2, 0.25) is 0 Å². The van der Waals surface area contributed by atoms with Gasteiger partial charge in [0.05, 0.1) is 10.9 Å². The standard InChI is InChI=1S/C22H19N3O5/c1-9(2)25-21-17(22(29)24-25)16(11-4-6-14(27)15(28)8-11)20-18(23-21)12-5-7-13(26)10(3)19(12)30-20/h4-9,23,27-28H,1-3H3,(H,24,29). The molecule has 4 N–H and O–H groups in total. The van der Waals surface area contributed by atoms with Gasteiger partial charge < -0.3 is 19.6 Å². The largest absolute Gasteiger partial charge is 0.504 e. The molecule has 2 aromatic carbocycles. The zero-order chi connectivity index (χ0) is 21.3. The van der Waals surface area contributed by atoms with Crippen molar-refractivity contribution in [2.75, 3.05) is 0 Å². The molecule has 0 aliphatic heterocycles. The first-order valence-electron chi connectivity index (χ1n) is 9.52. The van der Waals surface area contributed by atoms with Crippen molar-refractivity contribution in [1.82, 2.24) is 14.8 Å². The number of fused-ring (bicyclic) bond motifs is 4. The predicted molar refractivity (Wildman–Crippen MR) is 114 cm³/mol. The predicted octanol–water partition coefficient (Wildman–Crippen LogP) is 3.88. The van der Waals surface area contributed by atoms with Crippen LogP contribution in [0, 0.1) is 6.92 Å². The van der Waals surface area contributed by atoms with Crippen LogP contribution in [0.25, 0.3) is 44.2 Å². The van der Waals surface area contributed by atoms with Gasteiger partial charge in [-0.25, -0.2) is 0 Å². The number of nitrogens with zero attached hydrogens (tertiary/aromatic N) is 1. The summed E-state index contributed by atoms with van der Waals surface area (Å²) in [6.07, 6.45) is 0. The molecule has 0 aliphatic rings. The molecule has 0 saturated heterocycles. The third-order valence-corrected chi connectivity index (χ3v) is 5.48. The van der Waals surface area contributed by atoms with E-state index in [4.69, 9.17) is 4.42 Å². The number of benzene rings is 2. The Bertz CT molecular complexity index is 1600. The number of hydrogen-bond donors (Lipinski definition) is 4. The Morgan fingerprint density at radius 1 is 1.03 bits per heavy atom. The minimum Gasteiger partial charge on any atom is -0.504 e. The molecule has 3 heterocycles. The maximum absolute atomic E-state index is 12.9. The van der Waals surface area contributed by atoms with Gasteiger partial charge in [-0.1, -0.05) is 6.07 Å². The second kappa shape index (κ2) is 6.03. The molecule has 3 aromatic heterocycles. The number of aromatic hydroxyl groups is 2. The van der Waals surface area contributed by atoms with Gasteiger partial charge in [-0.15, -0.1) is 0 Å². The fourth-order valence-electron chi connectivity index (χ4n) is 3.95. The van der Waals surface area contributed by atoms with Crippen molar-refractivity contribution < 1.29 is 14.6 Å². The molecule has 30 heavy (non-hydrogen) atoms. The van der Waals surface area contributed by atoms with E-state index in [1.807, 2.05) is 13.8 Å². The molecule has 152 valence electrons. The molecule has 0 fully saturated rings. The summed E-state index contributed by atoms with van der Waals surface area (Å²) in [5.74, 6) is -0.575. The molecular formula is C22H19N3O5. The highest BCUT2D eigenvalue weighted by Gasteiger charge is 2.23. The number of rotatable bonds is 2. The van der Waals surface area contributed by atoms with Crippen LogP contribution < -0.4 is 11.0 Å². The Kier molecular flexibility index (Phi) is 3.64. The Balaban J connectivity index is 2.07. The van der Waals surface area contributed by atoms with Crippen molar-refractivity contribution in [3.05, 3.63) is 56.5 Å². The summed E-state index contributed by atoms with van der Waals surface area (Å²) in [6.45, 7) is 5.58. The summed E-state index contributed by atoms with van der Waals surface area (Å²) >= 11 is 0. The molecule has 0 radical (unpaired) electrons. The van der Waals surface area contributed by atoms with Gasteiger partial charge in [0.2, 0.25) is 0 Å². The zero-order valence-electron chi connectivity index (χ0n) is 16.5. The maximum atomic E-state index is 12.9. The van der Waals surface area contributed by atoms with Crippen molar-refractivity contribution in [3.8, 4) is 22.6 Å². The average Bonchev–Trinajstić information content (AvgIpc) is 3.24.